The molecule has 0 unspecified atom stereocenters. The number of likely N-dealkylation sites (N-methyl/N-ethyl adjacent to an activating group) is 1. The fourth-order valence-electron chi connectivity index (χ4n) is 4.06. The zero-order valence-corrected chi connectivity index (χ0v) is 24.3. The van der Waals surface area contributed by atoms with Crippen molar-refractivity contribution in [1.29, 1.82) is 5.41 Å². The molecule has 0 spiro atoms. The van der Waals surface area contributed by atoms with Gasteiger partial charge >= 0.3 is 6.18 Å². The Hall–Kier alpha value is -4.30. The van der Waals surface area contributed by atoms with E-state index in [0.717, 1.165) is 30.0 Å². The summed E-state index contributed by atoms with van der Waals surface area (Å²) in [7, 11) is 3.33. The van der Waals surface area contributed by atoms with E-state index in [2.05, 4.69) is 27.9 Å². The van der Waals surface area contributed by atoms with E-state index in [4.69, 9.17) is 15.9 Å². The number of nitrogens with zero attached hydrogens (tertiary/aromatic N) is 2. The highest BCUT2D eigenvalue weighted by Crippen LogP contribution is 2.34. The van der Waals surface area contributed by atoms with Gasteiger partial charge in [-0.1, -0.05) is 61.2 Å². The molecule has 0 aliphatic heterocycles. The van der Waals surface area contributed by atoms with Crippen LogP contribution in [0.25, 0.3) is 16.8 Å². The van der Waals surface area contributed by atoms with Crippen molar-refractivity contribution in [2.24, 2.45) is 5.73 Å². The lowest BCUT2D eigenvalue weighted by molar-refractivity contribution is -0.138. The molecule has 0 radical (unpaired) electrons. The van der Waals surface area contributed by atoms with E-state index < -0.39 is 11.7 Å². The first-order valence-corrected chi connectivity index (χ1v) is 13.2. The number of allylic oxidation sites excluding steroid dienone is 3. The van der Waals surface area contributed by atoms with Gasteiger partial charge in [-0.15, -0.1) is 0 Å². The lowest BCUT2D eigenvalue weighted by Crippen LogP contribution is -2.31. The number of pyridine rings is 1. The summed E-state index contributed by atoms with van der Waals surface area (Å²) in [6, 6.07) is 11.9. The van der Waals surface area contributed by atoms with Gasteiger partial charge in [-0.3, -0.25) is 4.90 Å². The van der Waals surface area contributed by atoms with Crippen LogP contribution >= 0.6 is 0 Å². The molecule has 6 N–H and O–H groups in total. The summed E-state index contributed by atoms with van der Waals surface area (Å²) in [5, 5.41) is 12.1. The molecule has 0 atom stereocenters. The normalized spacial score (nSPS) is 11.3. The van der Waals surface area contributed by atoms with Crippen LogP contribution in [0.15, 0.2) is 66.4 Å². The van der Waals surface area contributed by atoms with Gasteiger partial charge in [0, 0.05) is 48.4 Å². The number of hydrogen-bond donors (Lipinski definition) is 4. The van der Waals surface area contributed by atoms with E-state index in [0.29, 0.717) is 35.6 Å². The molecule has 1 aromatic heterocycles. The third-order valence-electron chi connectivity index (χ3n) is 5.94. The predicted molar refractivity (Wildman–Crippen MR) is 167 cm³/mol. The number of fused-ring (bicyclic) bond motifs is 1. The quantitative estimate of drug-likeness (QED) is 0.147. The van der Waals surface area contributed by atoms with Crippen molar-refractivity contribution in [1.82, 2.24) is 15.2 Å². The van der Waals surface area contributed by atoms with Crippen molar-refractivity contribution in [2.75, 3.05) is 39.5 Å². The number of alkyl halides is 3. The summed E-state index contributed by atoms with van der Waals surface area (Å²) in [5.41, 5.74) is 11.6. The number of rotatable bonds is 10. The van der Waals surface area contributed by atoms with Crippen LogP contribution < -0.4 is 16.8 Å². The van der Waals surface area contributed by atoms with Gasteiger partial charge in [-0.05, 0) is 56.4 Å². The maximum Gasteiger partial charge on any atom is 0.416 e. The predicted octanol–water partition coefficient (Wildman–Crippen LogP) is 5.30. The molecule has 0 aliphatic carbocycles. The van der Waals surface area contributed by atoms with Gasteiger partial charge in [0.25, 0.3) is 0 Å². The van der Waals surface area contributed by atoms with Gasteiger partial charge in [0.2, 0.25) is 0 Å². The van der Waals surface area contributed by atoms with Crippen molar-refractivity contribution in [3.63, 3.8) is 0 Å². The van der Waals surface area contributed by atoms with Crippen LogP contribution in [-0.2, 0) is 17.5 Å². The molecule has 0 amide bonds. The summed E-state index contributed by atoms with van der Waals surface area (Å²) < 4.78 is 41.9. The van der Waals surface area contributed by atoms with Crippen molar-refractivity contribution in [3.05, 3.63) is 88.6 Å². The first-order valence-electron chi connectivity index (χ1n) is 13.2. The third-order valence-corrected chi connectivity index (χ3v) is 5.94. The Balaban J connectivity index is 0.00000211. The van der Waals surface area contributed by atoms with E-state index in [9.17, 15) is 13.2 Å². The van der Waals surface area contributed by atoms with Crippen molar-refractivity contribution < 1.29 is 18.0 Å². The van der Waals surface area contributed by atoms with Crippen LogP contribution in [0.4, 0.5) is 19.0 Å². The Kier molecular flexibility index (Phi) is 16.1. The van der Waals surface area contributed by atoms with Crippen molar-refractivity contribution in [2.45, 2.75) is 26.1 Å². The van der Waals surface area contributed by atoms with Crippen molar-refractivity contribution in [3.8, 4) is 11.8 Å². The number of nitrogen functional groups attached to an aromatic ring is 1. The number of aromatic nitrogens is 1. The molecule has 3 aromatic rings. The number of halogens is 3. The Morgan fingerprint density at radius 2 is 1.83 bits per heavy atom. The van der Waals surface area contributed by atoms with Gasteiger partial charge < -0.3 is 27.0 Å². The molecular weight excluding hydrogens is 541 g/mol. The second kappa shape index (κ2) is 18.9. The van der Waals surface area contributed by atoms with Gasteiger partial charge in [0.15, 0.2) is 0 Å². The molecule has 42 heavy (non-hydrogen) atoms. The van der Waals surface area contributed by atoms with E-state index in [1.807, 2.05) is 49.9 Å². The Morgan fingerprint density at radius 3 is 2.45 bits per heavy atom. The number of nitrogens with two attached hydrogens (primary N) is 2. The molecule has 3 rings (SSSR count). The number of carbonyl (C=O) groups excluding carboxylic acids is 1. The highest BCUT2D eigenvalue weighted by atomic mass is 19.4. The summed E-state index contributed by atoms with van der Waals surface area (Å²) in [6.07, 6.45) is 3.73. The molecule has 1 heterocycles. The van der Waals surface area contributed by atoms with E-state index in [-0.39, 0.29) is 12.1 Å². The Morgan fingerprint density at radius 1 is 1.14 bits per heavy atom. The second-order valence-corrected chi connectivity index (χ2v) is 8.77. The highest BCUT2D eigenvalue weighted by Gasteiger charge is 2.33. The fourth-order valence-corrected chi connectivity index (χ4v) is 4.06. The van der Waals surface area contributed by atoms with Crippen LogP contribution in [0.3, 0.4) is 0 Å². The van der Waals surface area contributed by atoms with Crippen molar-refractivity contribution >= 4 is 35.7 Å². The monoisotopic (exact) mass is 580 g/mol. The minimum Gasteiger partial charge on any atom is -0.383 e. The summed E-state index contributed by atoms with van der Waals surface area (Å²) in [4.78, 5) is 14.2. The summed E-state index contributed by atoms with van der Waals surface area (Å²) in [5.74, 6) is 6.45. The fraction of sp³-hybridized carbons (Fsp3) is 0.281. The third kappa shape index (κ3) is 10.9. The molecule has 0 fully saturated rings. The molecule has 7 nitrogen and oxygen atoms in total. The molecule has 2 aromatic carbocycles. The van der Waals surface area contributed by atoms with Gasteiger partial charge in [0.1, 0.15) is 12.6 Å². The first-order chi connectivity index (χ1) is 20.3. The maximum atomic E-state index is 14.0. The van der Waals surface area contributed by atoms with Gasteiger partial charge in [-0.25, -0.2) is 4.98 Å². The van der Waals surface area contributed by atoms with Crippen LogP contribution in [0, 0.1) is 17.3 Å². The summed E-state index contributed by atoms with van der Waals surface area (Å²) in [6.45, 7) is 6.32. The number of benzene rings is 2. The number of carbonyl (C=O) groups is 1. The number of nitrogens with one attached hydrogen (secondary N) is 2. The van der Waals surface area contributed by atoms with Gasteiger partial charge in [0.05, 0.1) is 11.1 Å². The average molecular weight is 581 g/mol. The topological polar surface area (TPSA) is 121 Å². The molecule has 10 heteroatoms. The first kappa shape index (κ1) is 35.7. The maximum absolute atomic E-state index is 14.0. The lowest BCUT2D eigenvalue weighted by Gasteiger charge is -2.24. The molecule has 0 saturated heterocycles. The number of hydrogen-bond acceptors (Lipinski definition) is 7. The van der Waals surface area contributed by atoms with Crippen LogP contribution in [0.5, 0.6) is 0 Å². The molecular formula is C32H39F3N6O. The standard InChI is InChI=1S/C30H32F3N5.CH5N.CH2O/c1-3-17-38(18-16-36-2)21-25-13-11-23(19-28(25)30(31,32)33)9-8-22(14-15-34)10-12-24-20-37-29(35)27-7-5-4-6-26(24)27;2*1-2/h4-9,11,13-15,19-20,34,36H,3,16-18,21H2,1-2H3,(H2,35,37);2H2,1H3;1H2/b9-8+,22-14+,34-15?;;. The lowest BCUT2D eigenvalue weighted by atomic mass is 10.0. The smallest absolute Gasteiger partial charge is 0.383 e. The minimum absolute atomic E-state index is 0.225. The van der Waals surface area contributed by atoms with Crippen LogP contribution in [0.2, 0.25) is 0 Å². The minimum atomic E-state index is -4.48. The summed E-state index contributed by atoms with van der Waals surface area (Å²) >= 11 is 0. The average Bonchev–Trinajstić information content (AvgIpc) is 3.00. The molecule has 0 aliphatic rings. The van der Waals surface area contributed by atoms with E-state index in [1.165, 1.54) is 19.2 Å². The largest absolute Gasteiger partial charge is 0.416 e. The Labute approximate surface area is 246 Å². The number of anilines is 1. The van der Waals surface area contributed by atoms with E-state index >= 15 is 0 Å². The zero-order valence-electron chi connectivity index (χ0n) is 24.3. The molecule has 0 bridgehead atoms. The van der Waals surface area contributed by atoms with Gasteiger partial charge in [-0.2, -0.15) is 13.2 Å². The highest BCUT2D eigenvalue weighted by molar-refractivity contribution is 5.94. The van der Waals surface area contributed by atoms with Crippen LogP contribution in [-0.4, -0.2) is 56.6 Å². The second-order valence-electron chi connectivity index (χ2n) is 8.77. The SMILES string of the molecule is C=O.CCCN(CCNC)Cc1ccc(/C=C/C(C#Cc2cnc(N)c3ccccc23)=C\C=N)cc1C(F)(F)F.CN. The van der Waals surface area contributed by atoms with E-state index in [1.54, 1.807) is 30.5 Å². The Bertz CT molecular complexity index is 1410. The zero-order chi connectivity index (χ0) is 31.5. The molecule has 0 saturated carbocycles. The molecule has 224 valence electrons. The van der Waals surface area contributed by atoms with Crippen LogP contribution in [0.1, 0.15) is 35.6 Å².